The van der Waals surface area contributed by atoms with Gasteiger partial charge in [0.15, 0.2) is 0 Å². The number of hydrogen-bond acceptors (Lipinski definition) is 5. The number of aryl methyl sites for hydroxylation is 1. The van der Waals surface area contributed by atoms with E-state index in [9.17, 15) is 9.18 Å². The third-order valence-electron chi connectivity index (χ3n) is 4.44. The lowest BCUT2D eigenvalue weighted by molar-refractivity contribution is -0.115. The third kappa shape index (κ3) is 3.88. The molecule has 0 radical (unpaired) electrons. The minimum atomic E-state index is -0.520. The number of aliphatic imine (C=N–C) groups is 1. The van der Waals surface area contributed by atoms with Crippen LogP contribution in [0.3, 0.4) is 0 Å². The van der Waals surface area contributed by atoms with Gasteiger partial charge in [-0.05, 0) is 48.9 Å². The first kappa shape index (κ1) is 17.8. The van der Waals surface area contributed by atoms with E-state index in [0.29, 0.717) is 12.2 Å². The smallest absolute Gasteiger partial charge is 0.237 e. The molecule has 0 bridgehead atoms. The zero-order valence-corrected chi connectivity index (χ0v) is 15.2. The molecule has 0 saturated heterocycles. The maximum absolute atomic E-state index is 13.3. The molecule has 28 heavy (non-hydrogen) atoms. The van der Waals surface area contributed by atoms with Crippen LogP contribution < -0.4 is 10.6 Å². The molecule has 3 aromatic rings. The third-order valence-corrected chi connectivity index (χ3v) is 4.44. The van der Waals surface area contributed by atoms with Crippen LogP contribution in [0.25, 0.3) is 0 Å². The van der Waals surface area contributed by atoms with Gasteiger partial charge in [-0.25, -0.2) is 4.39 Å². The van der Waals surface area contributed by atoms with Gasteiger partial charge in [0.25, 0.3) is 0 Å². The SMILES string of the molecule is Cc1cnc(CNc2ccc(N=CC3C(=O)Nc4cc(F)ccc43)cc2)cn1. The topological polar surface area (TPSA) is 79.3 Å². The van der Waals surface area contributed by atoms with Crippen molar-refractivity contribution < 1.29 is 9.18 Å². The number of anilines is 2. The molecular weight excluding hydrogens is 357 g/mol. The van der Waals surface area contributed by atoms with E-state index in [0.717, 1.165) is 28.3 Å². The number of aromatic nitrogens is 2. The molecule has 2 heterocycles. The van der Waals surface area contributed by atoms with Crippen molar-refractivity contribution in [2.45, 2.75) is 19.4 Å². The Labute approximate surface area is 161 Å². The first-order valence-corrected chi connectivity index (χ1v) is 8.84. The van der Waals surface area contributed by atoms with Crippen molar-refractivity contribution in [3.8, 4) is 0 Å². The molecule has 7 heteroatoms. The highest BCUT2D eigenvalue weighted by Crippen LogP contribution is 2.32. The Morgan fingerprint density at radius 1 is 1.18 bits per heavy atom. The summed E-state index contributed by atoms with van der Waals surface area (Å²) in [4.78, 5) is 25.0. The maximum atomic E-state index is 13.3. The standard InChI is InChI=1S/C21H18FN5O/c1-13-9-24-17(10-23-13)11-25-15-3-5-16(6-4-15)26-12-19-18-7-2-14(22)8-20(18)27-21(19)28/h2-10,12,19,25H,11H2,1H3,(H,27,28). The molecule has 1 aromatic heterocycles. The molecule has 1 aliphatic rings. The molecular formula is C21H18FN5O. The highest BCUT2D eigenvalue weighted by Gasteiger charge is 2.29. The van der Waals surface area contributed by atoms with Gasteiger partial charge in [-0.3, -0.25) is 19.8 Å². The molecule has 2 aromatic carbocycles. The Bertz CT molecular complexity index is 1030. The Morgan fingerprint density at radius 3 is 2.75 bits per heavy atom. The Balaban J connectivity index is 1.41. The molecule has 140 valence electrons. The molecule has 6 nitrogen and oxygen atoms in total. The number of nitrogens with zero attached hydrogens (tertiary/aromatic N) is 3. The van der Waals surface area contributed by atoms with Crippen LogP contribution in [0.4, 0.5) is 21.5 Å². The minimum Gasteiger partial charge on any atom is -0.379 e. The Kier molecular flexibility index (Phi) is 4.80. The number of benzene rings is 2. The monoisotopic (exact) mass is 375 g/mol. The van der Waals surface area contributed by atoms with Crippen LogP contribution in [0, 0.1) is 12.7 Å². The number of carbonyl (C=O) groups is 1. The molecule has 1 atom stereocenters. The molecule has 1 unspecified atom stereocenters. The van der Waals surface area contributed by atoms with E-state index < -0.39 is 5.92 Å². The fourth-order valence-electron chi connectivity index (χ4n) is 2.94. The Hall–Kier alpha value is -3.61. The van der Waals surface area contributed by atoms with Crippen LogP contribution >= 0.6 is 0 Å². The summed E-state index contributed by atoms with van der Waals surface area (Å²) in [7, 11) is 0. The molecule has 1 amide bonds. The van der Waals surface area contributed by atoms with Gasteiger partial charge in [-0.15, -0.1) is 0 Å². The van der Waals surface area contributed by atoms with Crippen LogP contribution in [0.2, 0.25) is 0 Å². The first-order chi connectivity index (χ1) is 13.6. The van der Waals surface area contributed by atoms with E-state index in [4.69, 9.17) is 0 Å². The average Bonchev–Trinajstić information content (AvgIpc) is 3.01. The van der Waals surface area contributed by atoms with Crippen molar-refractivity contribution in [2.24, 2.45) is 4.99 Å². The van der Waals surface area contributed by atoms with Crippen LogP contribution in [-0.2, 0) is 11.3 Å². The van der Waals surface area contributed by atoms with Gasteiger partial charge in [0.1, 0.15) is 11.7 Å². The van der Waals surface area contributed by atoms with Gasteiger partial charge in [0, 0.05) is 23.8 Å². The van der Waals surface area contributed by atoms with Crippen molar-refractivity contribution in [2.75, 3.05) is 10.6 Å². The molecule has 4 rings (SSSR count). The molecule has 0 spiro atoms. The maximum Gasteiger partial charge on any atom is 0.237 e. The molecule has 0 saturated carbocycles. The van der Waals surface area contributed by atoms with E-state index in [1.165, 1.54) is 12.1 Å². The van der Waals surface area contributed by atoms with Gasteiger partial charge in [0.2, 0.25) is 5.91 Å². The number of amides is 1. The summed E-state index contributed by atoms with van der Waals surface area (Å²) < 4.78 is 13.3. The lowest BCUT2D eigenvalue weighted by Gasteiger charge is -2.06. The fourth-order valence-corrected chi connectivity index (χ4v) is 2.94. The molecule has 0 aliphatic carbocycles. The van der Waals surface area contributed by atoms with E-state index in [2.05, 4.69) is 25.6 Å². The molecule has 1 aliphatic heterocycles. The zero-order chi connectivity index (χ0) is 19.5. The van der Waals surface area contributed by atoms with Gasteiger partial charge in [-0.2, -0.15) is 0 Å². The number of rotatable bonds is 5. The quantitative estimate of drug-likeness (QED) is 0.661. The normalized spacial score (nSPS) is 15.5. The van der Waals surface area contributed by atoms with Gasteiger partial charge >= 0.3 is 0 Å². The van der Waals surface area contributed by atoms with E-state index in [1.807, 2.05) is 31.2 Å². The second-order valence-corrected chi connectivity index (χ2v) is 6.53. The lowest BCUT2D eigenvalue weighted by atomic mass is 10.0. The van der Waals surface area contributed by atoms with Crippen molar-refractivity contribution in [3.63, 3.8) is 0 Å². The minimum absolute atomic E-state index is 0.207. The van der Waals surface area contributed by atoms with Gasteiger partial charge in [-0.1, -0.05) is 6.07 Å². The molecule has 0 fully saturated rings. The van der Waals surface area contributed by atoms with E-state index >= 15 is 0 Å². The summed E-state index contributed by atoms with van der Waals surface area (Å²) in [5.41, 5.74) is 4.63. The van der Waals surface area contributed by atoms with Crippen LogP contribution in [0.5, 0.6) is 0 Å². The highest BCUT2D eigenvalue weighted by atomic mass is 19.1. The predicted octanol–water partition coefficient (Wildman–Crippen LogP) is 3.97. The fraction of sp³-hybridized carbons (Fsp3) is 0.143. The van der Waals surface area contributed by atoms with Crippen molar-refractivity contribution >= 4 is 29.2 Å². The average molecular weight is 375 g/mol. The Morgan fingerprint density at radius 2 is 2.00 bits per heavy atom. The van der Waals surface area contributed by atoms with Crippen molar-refractivity contribution in [1.29, 1.82) is 0 Å². The van der Waals surface area contributed by atoms with E-state index in [-0.39, 0.29) is 11.7 Å². The van der Waals surface area contributed by atoms with Crippen LogP contribution in [0.15, 0.2) is 59.9 Å². The van der Waals surface area contributed by atoms with Crippen molar-refractivity contribution in [1.82, 2.24) is 9.97 Å². The molecule has 2 N–H and O–H groups in total. The number of hydrogen-bond donors (Lipinski definition) is 2. The van der Waals surface area contributed by atoms with Gasteiger partial charge in [0.05, 0.1) is 29.8 Å². The van der Waals surface area contributed by atoms with Crippen LogP contribution in [-0.4, -0.2) is 22.1 Å². The lowest BCUT2D eigenvalue weighted by Crippen LogP contribution is -2.12. The van der Waals surface area contributed by atoms with E-state index in [1.54, 1.807) is 24.7 Å². The second kappa shape index (κ2) is 7.56. The number of nitrogens with one attached hydrogen (secondary N) is 2. The summed E-state index contributed by atoms with van der Waals surface area (Å²) in [6.45, 7) is 2.47. The summed E-state index contributed by atoms with van der Waals surface area (Å²) in [6, 6.07) is 11.8. The van der Waals surface area contributed by atoms with Crippen molar-refractivity contribution in [3.05, 3.63) is 77.6 Å². The van der Waals surface area contributed by atoms with Gasteiger partial charge < -0.3 is 10.6 Å². The summed E-state index contributed by atoms with van der Waals surface area (Å²) >= 11 is 0. The number of carbonyl (C=O) groups excluding carboxylic acids is 1. The predicted molar refractivity (Wildman–Crippen MR) is 106 cm³/mol. The number of fused-ring (bicyclic) bond motifs is 1. The zero-order valence-electron chi connectivity index (χ0n) is 15.2. The van der Waals surface area contributed by atoms with Crippen LogP contribution in [0.1, 0.15) is 22.9 Å². The second-order valence-electron chi connectivity index (χ2n) is 6.53. The summed E-state index contributed by atoms with van der Waals surface area (Å²) in [5.74, 6) is -1.10. The number of halogens is 1. The summed E-state index contributed by atoms with van der Waals surface area (Å²) in [5, 5.41) is 5.95. The summed E-state index contributed by atoms with van der Waals surface area (Å²) in [6.07, 6.45) is 5.07. The first-order valence-electron chi connectivity index (χ1n) is 8.84. The highest BCUT2D eigenvalue weighted by molar-refractivity contribution is 6.12. The largest absolute Gasteiger partial charge is 0.379 e.